The fraction of sp³-hybridized carbons (Fsp3) is 0.0769. The summed E-state index contributed by atoms with van der Waals surface area (Å²) in [6.07, 6.45) is 0. The van der Waals surface area contributed by atoms with Crippen molar-refractivity contribution in [2.24, 2.45) is 0 Å². The summed E-state index contributed by atoms with van der Waals surface area (Å²) in [4.78, 5) is 0. The number of anilines is 1. The molecule has 18 heavy (non-hydrogen) atoms. The Morgan fingerprint density at radius 2 is 1.83 bits per heavy atom. The van der Waals surface area contributed by atoms with Crippen LogP contribution in [0.1, 0.15) is 5.56 Å². The maximum absolute atomic E-state index is 6.16. The Hall–Kier alpha value is 0.0300. The van der Waals surface area contributed by atoms with Crippen molar-refractivity contribution >= 4 is 67.4 Å². The largest absolute Gasteiger partial charge is 0.380 e. The SMILES string of the molecule is Clc1cc(Br)ccc1CNc1ccc(I)cc1Cl. The van der Waals surface area contributed by atoms with Gasteiger partial charge in [-0.25, -0.2) is 0 Å². The molecule has 0 amide bonds. The van der Waals surface area contributed by atoms with Gasteiger partial charge in [0.1, 0.15) is 0 Å². The van der Waals surface area contributed by atoms with Gasteiger partial charge in [-0.15, -0.1) is 0 Å². The maximum atomic E-state index is 6.16. The Morgan fingerprint density at radius 3 is 2.50 bits per heavy atom. The van der Waals surface area contributed by atoms with Crippen LogP contribution in [-0.4, -0.2) is 0 Å². The van der Waals surface area contributed by atoms with Gasteiger partial charge < -0.3 is 5.32 Å². The molecule has 0 radical (unpaired) electrons. The number of hydrogen-bond donors (Lipinski definition) is 1. The Bertz CT molecular complexity index is 523. The first-order valence-corrected chi connectivity index (χ1v) is 7.82. The average molecular weight is 457 g/mol. The molecule has 0 unspecified atom stereocenters. The minimum absolute atomic E-state index is 0.645. The number of nitrogens with one attached hydrogen (secondary N) is 1. The predicted molar refractivity (Wildman–Crippen MR) is 90.6 cm³/mol. The van der Waals surface area contributed by atoms with Gasteiger partial charge in [-0.05, 0) is 58.5 Å². The second kappa shape index (κ2) is 6.46. The Morgan fingerprint density at radius 1 is 1.06 bits per heavy atom. The van der Waals surface area contributed by atoms with Gasteiger partial charge in [0.25, 0.3) is 0 Å². The summed E-state index contributed by atoms with van der Waals surface area (Å²) in [5.74, 6) is 0. The van der Waals surface area contributed by atoms with Crippen molar-refractivity contribution in [1.29, 1.82) is 0 Å². The van der Waals surface area contributed by atoms with Crippen LogP contribution < -0.4 is 5.32 Å². The van der Waals surface area contributed by atoms with E-state index in [0.717, 1.165) is 29.3 Å². The Labute approximate surface area is 138 Å². The topological polar surface area (TPSA) is 12.0 Å². The summed E-state index contributed by atoms with van der Waals surface area (Å²) >= 11 is 17.9. The lowest BCUT2D eigenvalue weighted by Crippen LogP contribution is -2.00. The van der Waals surface area contributed by atoms with E-state index >= 15 is 0 Å². The van der Waals surface area contributed by atoms with Crippen molar-refractivity contribution < 1.29 is 0 Å². The molecule has 0 saturated heterocycles. The van der Waals surface area contributed by atoms with E-state index < -0.39 is 0 Å². The fourth-order valence-electron chi connectivity index (χ4n) is 1.49. The quantitative estimate of drug-likeness (QED) is 0.561. The van der Waals surface area contributed by atoms with Gasteiger partial charge in [0, 0.05) is 19.6 Å². The van der Waals surface area contributed by atoms with Crippen LogP contribution in [0.5, 0.6) is 0 Å². The lowest BCUT2D eigenvalue weighted by molar-refractivity contribution is 1.15. The van der Waals surface area contributed by atoms with E-state index in [4.69, 9.17) is 23.2 Å². The minimum Gasteiger partial charge on any atom is -0.380 e. The highest BCUT2D eigenvalue weighted by Crippen LogP contribution is 2.26. The summed E-state index contributed by atoms with van der Waals surface area (Å²) in [6.45, 7) is 0.645. The highest BCUT2D eigenvalue weighted by molar-refractivity contribution is 14.1. The molecule has 2 aromatic rings. The molecule has 0 aliphatic carbocycles. The number of halogens is 4. The molecule has 0 fully saturated rings. The van der Waals surface area contributed by atoms with Crippen LogP contribution in [0.25, 0.3) is 0 Å². The predicted octanol–water partition coefficient (Wildman–Crippen LogP) is 5.97. The lowest BCUT2D eigenvalue weighted by atomic mass is 10.2. The van der Waals surface area contributed by atoms with Crippen molar-refractivity contribution in [2.75, 3.05) is 5.32 Å². The van der Waals surface area contributed by atoms with E-state index in [0.29, 0.717) is 6.54 Å². The number of hydrogen-bond acceptors (Lipinski definition) is 1. The Kier molecular flexibility index (Phi) is 5.18. The van der Waals surface area contributed by atoms with Gasteiger partial charge >= 0.3 is 0 Å². The second-order valence-electron chi connectivity index (χ2n) is 3.71. The first kappa shape index (κ1) is 14.4. The normalized spacial score (nSPS) is 10.4. The van der Waals surface area contributed by atoms with Crippen molar-refractivity contribution in [2.45, 2.75) is 6.54 Å². The fourth-order valence-corrected chi connectivity index (χ4v) is 3.15. The van der Waals surface area contributed by atoms with Crippen LogP contribution in [0.15, 0.2) is 40.9 Å². The molecule has 2 rings (SSSR count). The van der Waals surface area contributed by atoms with Crippen LogP contribution in [0, 0.1) is 3.57 Å². The van der Waals surface area contributed by atoms with E-state index in [1.54, 1.807) is 0 Å². The summed E-state index contributed by atoms with van der Waals surface area (Å²) < 4.78 is 2.09. The zero-order valence-electron chi connectivity index (χ0n) is 9.18. The first-order valence-electron chi connectivity index (χ1n) is 5.19. The molecule has 0 aliphatic heterocycles. The molecule has 0 bridgehead atoms. The van der Waals surface area contributed by atoms with E-state index in [-0.39, 0.29) is 0 Å². The molecule has 1 nitrogen and oxygen atoms in total. The third kappa shape index (κ3) is 3.76. The van der Waals surface area contributed by atoms with E-state index in [9.17, 15) is 0 Å². The molecule has 0 atom stereocenters. The molecular weight excluding hydrogens is 448 g/mol. The summed E-state index contributed by atoms with van der Waals surface area (Å²) in [5, 5.41) is 4.73. The van der Waals surface area contributed by atoms with Crippen LogP contribution in [0.4, 0.5) is 5.69 Å². The molecule has 2 aromatic carbocycles. The smallest absolute Gasteiger partial charge is 0.0648 e. The third-order valence-corrected chi connectivity index (χ3v) is 4.24. The van der Waals surface area contributed by atoms with Crippen LogP contribution in [0.2, 0.25) is 10.0 Å². The monoisotopic (exact) mass is 455 g/mol. The molecule has 94 valence electrons. The third-order valence-electron chi connectivity index (χ3n) is 2.42. The first-order chi connectivity index (χ1) is 8.56. The number of rotatable bonds is 3. The minimum atomic E-state index is 0.645. The van der Waals surface area contributed by atoms with Crippen molar-refractivity contribution in [3.63, 3.8) is 0 Å². The van der Waals surface area contributed by atoms with Crippen molar-refractivity contribution in [1.82, 2.24) is 0 Å². The van der Waals surface area contributed by atoms with Gasteiger partial charge in [-0.1, -0.05) is 45.2 Å². The van der Waals surface area contributed by atoms with Crippen LogP contribution in [0.3, 0.4) is 0 Å². The highest BCUT2D eigenvalue weighted by Gasteiger charge is 2.03. The highest BCUT2D eigenvalue weighted by atomic mass is 127. The van der Waals surface area contributed by atoms with Crippen LogP contribution >= 0.6 is 61.7 Å². The van der Waals surface area contributed by atoms with E-state index in [1.807, 2.05) is 36.4 Å². The van der Waals surface area contributed by atoms with Crippen molar-refractivity contribution in [3.05, 3.63) is 60.0 Å². The number of benzene rings is 2. The molecule has 1 N–H and O–H groups in total. The van der Waals surface area contributed by atoms with Gasteiger partial charge in [0.05, 0.1) is 10.7 Å². The molecule has 5 heteroatoms. The molecule has 0 aliphatic rings. The van der Waals surface area contributed by atoms with Gasteiger partial charge in [-0.2, -0.15) is 0 Å². The van der Waals surface area contributed by atoms with E-state index in [1.165, 1.54) is 0 Å². The molecule has 0 saturated carbocycles. The molecular formula is C13H9BrCl2IN. The van der Waals surface area contributed by atoms with Gasteiger partial charge in [-0.3, -0.25) is 0 Å². The summed E-state index contributed by atoms with van der Waals surface area (Å²) in [7, 11) is 0. The average Bonchev–Trinajstić information content (AvgIpc) is 2.30. The lowest BCUT2D eigenvalue weighted by Gasteiger charge is -2.10. The molecule has 0 heterocycles. The molecule has 0 spiro atoms. The summed E-state index contributed by atoms with van der Waals surface area (Å²) in [6, 6.07) is 11.7. The summed E-state index contributed by atoms with van der Waals surface area (Å²) in [5.41, 5.74) is 1.95. The zero-order chi connectivity index (χ0) is 13.1. The van der Waals surface area contributed by atoms with Gasteiger partial charge in [0.2, 0.25) is 0 Å². The van der Waals surface area contributed by atoms with Crippen molar-refractivity contribution in [3.8, 4) is 0 Å². The van der Waals surface area contributed by atoms with E-state index in [2.05, 4.69) is 43.8 Å². The molecule has 0 aromatic heterocycles. The standard InChI is InChI=1S/C13H9BrCl2IN/c14-9-2-1-8(11(15)5-9)7-18-13-4-3-10(17)6-12(13)16/h1-6,18H,7H2. The van der Waals surface area contributed by atoms with Crippen LogP contribution in [-0.2, 0) is 6.54 Å². The Balaban J connectivity index is 2.11. The maximum Gasteiger partial charge on any atom is 0.0648 e. The second-order valence-corrected chi connectivity index (χ2v) is 6.69. The zero-order valence-corrected chi connectivity index (χ0v) is 14.4. The van der Waals surface area contributed by atoms with Gasteiger partial charge in [0.15, 0.2) is 0 Å².